The standard InChI is InChI=1S/C14H27NO2/c16-13(11-15-9-5-2-6-10-15)12-17-14-7-3-1-4-8-14/h13-14,16H,1-12H2/p+1/t13-/m0/s1. The van der Waals surface area contributed by atoms with Crippen molar-refractivity contribution in [2.24, 2.45) is 0 Å². The molecule has 2 N–H and O–H groups in total. The minimum absolute atomic E-state index is 0.259. The SMILES string of the molecule is O[C@H](COC1CCCCC1)C[NH+]1CCCCC1. The van der Waals surface area contributed by atoms with E-state index in [1.54, 1.807) is 4.90 Å². The van der Waals surface area contributed by atoms with Crippen LogP contribution in [0, 0.1) is 0 Å². The summed E-state index contributed by atoms with van der Waals surface area (Å²) in [4.78, 5) is 1.57. The molecule has 0 aromatic carbocycles. The summed E-state index contributed by atoms with van der Waals surface area (Å²) < 4.78 is 5.82. The van der Waals surface area contributed by atoms with Gasteiger partial charge in [-0.2, -0.15) is 0 Å². The largest absolute Gasteiger partial charge is 0.385 e. The first-order chi connectivity index (χ1) is 8.34. The molecule has 0 radical (unpaired) electrons. The maximum absolute atomic E-state index is 9.99. The lowest BCUT2D eigenvalue weighted by Crippen LogP contribution is -3.14. The average Bonchev–Trinajstić information content (AvgIpc) is 2.39. The topological polar surface area (TPSA) is 33.9 Å². The number of rotatable bonds is 5. The number of aliphatic hydroxyl groups excluding tert-OH is 1. The molecule has 0 amide bonds. The quantitative estimate of drug-likeness (QED) is 0.746. The van der Waals surface area contributed by atoms with E-state index in [-0.39, 0.29) is 6.10 Å². The highest BCUT2D eigenvalue weighted by Gasteiger charge is 2.20. The molecule has 0 bridgehead atoms. The van der Waals surface area contributed by atoms with Crippen molar-refractivity contribution in [2.75, 3.05) is 26.2 Å². The molecule has 1 saturated carbocycles. The Labute approximate surface area is 105 Å². The smallest absolute Gasteiger partial charge is 0.126 e. The van der Waals surface area contributed by atoms with Crippen molar-refractivity contribution in [3.8, 4) is 0 Å². The van der Waals surface area contributed by atoms with Gasteiger partial charge in [-0.1, -0.05) is 19.3 Å². The minimum atomic E-state index is -0.259. The monoisotopic (exact) mass is 242 g/mol. The fourth-order valence-corrected chi connectivity index (χ4v) is 3.13. The maximum Gasteiger partial charge on any atom is 0.126 e. The van der Waals surface area contributed by atoms with E-state index in [4.69, 9.17) is 4.74 Å². The Balaban J connectivity index is 1.57. The zero-order chi connectivity index (χ0) is 11.9. The van der Waals surface area contributed by atoms with E-state index in [1.807, 2.05) is 0 Å². The van der Waals surface area contributed by atoms with Crippen LogP contribution in [0.3, 0.4) is 0 Å². The molecule has 2 aliphatic rings. The molecule has 0 aromatic heterocycles. The van der Waals surface area contributed by atoms with E-state index in [0.717, 1.165) is 6.54 Å². The fraction of sp³-hybridized carbons (Fsp3) is 1.00. The second kappa shape index (κ2) is 7.34. The molecule has 1 atom stereocenters. The Bertz CT molecular complexity index is 198. The van der Waals surface area contributed by atoms with Crippen LogP contribution in [0.4, 0.5) is 0 Å². The number of piperidine rings is 1. The van der Waals surface area contributed by atoms with Crippen molar-refractivity contribution < 1.29 is 14.7 Å². The highest BCUT2D eigenvalue weighted by molar-refractivity contribution is 4.66. The van der Waals surface area contributed by atoms with E-state index in [9.17, 15) is 5.11 Å². The Kier molecular flexibility index (Phi) is 5.75. The number of hydrogen-bond acceptors (Lipinski definition) is 2. The van der Waals surface area contributed by atoms with Gasteiger partial charge in [0.05, 0.1) is 25.8 Å². The fourth-order valence-electron chi connectivity index (χ4n) is 3.13. The van der Waals surface area contributed by atoms with E-state index >= 15 is 0 Å². The van der Waals surface area contributed by atoms with Crippen molar-refractivity contribution in [3.63, 3.8) is 0 Å². The lowest BCUT2D eigenvalue weighted by molar-refractivity contribution is -0.908. The van der Waals surface area contributed by atoms with Gasteiger partial charge in [0.25, 0.3) is 0 Å². The van der Waals surface area contributed by atoms with Gasteiger partial charge in [0.15, 0.2) is 0 Å². The summed E-state index contributed by atoms with van der Waals surface area (Å²) in [5.74, 6) is 0. The van der Waals surface area contributed by atoms with Crippen LogP contribution in [-0.2, 0) is 4.74 Å². The number of ether oxygens (including phenoxy) is 1. The van der Waals surface area contributed by atoms with Gasteiger partial charge in [-0.05, 0) is 32.1 Å². The van der Waals surface area contributed by atoms with Crippen LogP contribution in [0.15, 0.2) is 0 Å². The van der Waals surface area contributed by atoms with Crippen LogP contribution in [-0.4, -0.2) is 43.6 Å². The molecule has 0 spiro atoms. The summed E-state index contributed by atoms with van der Waals surface area (Å²) in [6.07, 6.45) is 10.6. The highest BCUT2D eigenvalue weighted by Crippen LogP contribution is 2.20. The molecule has 100 valence electrons. The van der Waals surface area contributed by atoms with Crippen molar-refractivity contribution in [1.82, 2.24) is 0 Å². The van der Waals surface area contributed by atoms with Gasteiger partial charge in [0.2, 0.25) is 0 Å². The zero-order valence-electron chi connectivity index (χ0n) is 11.0. The van der Waals surface area contributed by atoms with Crippen molar-refractivity contribution >= 4 is 0 Å². The van der Waals surface area contributed by atoms with Crippen molar-refractivity contribution in [2.45, 2.75) is 63.6 Å². The molecule has 2 rings (SSSR count). The predicted molar refractivity (Wildman–Crippen MR) is 68.2 cm³/mol. The van der Waals surface area contributed by atoms with Crippen molar-refractivity contribution in [3.05, 3.63) is 0 Å². The Hall–Kier alpha value is -0.120. The predicted octanol–water partition coefficient (Wildman–Crippen LogP) is 0.765. The Morgan fingerprint density at radius 3 is 2.35 bits per heavy atom. The molecule has 17 heavy (non-hydrogen) atoms. The lowest BCUT2D eigenvalue weighted by atomic mass is 9.98. The van der Waals surface area contributed by atoms with Crippen LogP contribution in [0.5, 0.6) is 0 Å². The minimum Gasteiger partial charge on any atom is -0.385 e. The molecule has 0 unspecified atom stereocenters. The second-order valence-corrected chi connectivity index (χ2v) is 5.76. The van der Waals surface area contributed by atoms with Gasteiger partial charge in [0.1, 0.15) is 12.6 Å². The van der Waals surface area contributed by atoms with Crippen LogP contribution < -0.4 is 4.90 Å². The third-order valence-corrected chi connectivity index (χ3v) is 4.16. The molecule has 1 heterocycles. The van der Waals surface area contributed by atoms with E-state index in [0.29, 0.717) is 12.7 Å². The number of aliphatic hydroxyl groups is 1. The third-order valence-electron chi connectivity index (χ3n) is 4.16. The Morgan fingerprint density at radius 2 is 1.65 bits per heavy atom. The molecule has 2 fully saturated rings. The van der Waals surface area contributed by atoms with E-state index < -0.39 is 0 Å². The zero-order valence-corrected chi connectivity index (χ0v) is 11.0. The van der Waals surface area contributed by atoms with Gasteiger partial charge in [0, 0.05) is 0 Å². The summed E-state index contributed by atoms with van der Waals surface area (Å²) in [6, 6.07) is 0. The average molecular weight is 242 g/mol. The molecule has 1 saturated heterocycles. The lowest BCUT2D eigenvalue weighted by Gasteiger charge is -2.27. The molecular formula is C14H28NO2+. The Morgan fingerprint density at radius 1 is 1.00 bits per heavy atom. The van der Waals surface area contributed by atoms with Gasteiger partial charge in [-0.15, -0.1) is 0 Å². The number of quaternary nitrogens is 1. The van der Waals surface area contributed by atoms with E-state index in [2.05, 4.69) is 0 Å². The summed E-state index contributed by atoms with van der Waals surface area (Å²) in [5.41, 5.74) is 0. The summed E-state index contributed by atoms with van der Waals surface area (Å²) in [7, 11) is 0. The normalized spacial score (nSPS) is 25.9. The number of likely N-dealkylation sites (tertiary alicyclic amines) is 1. The molecule has 3 nitrogen and oxygen atoms in total. The summed E-state index contributed by atoms with van der Waals surface area (Å²) in [6.45, 7) is 3.90. The molecule has 1 aliphatic carbocycles. The first-order valence-corrected chi connectivity index (χ1v) is 7.48. The van der Waals surface area contributed by atoms with Crippen LogP contribution in [0.2, 0.25) is 0 Å². The molecule has 1 aliphatic heterocycles. The van der Waals surface area contributed by atoms with Crippen LogP contribution >= 0.6 is 0 Å². The third kappa shape index (κ3) is 4.94. The van der Waals surface area contributed by atoms with Crippen LogP contribution in [0.1, 0.15) is 51.4 Å². The molecule has 3 heteroatoms. The van der Waals surface area contributed by atoms with Crippen LogP contribution in [0.25, 0.3) is 0 Å². The second-order valence-electron chi connectivity index (χ2n) is 5.76. The van der Waals surface area contributed by atoms with Gasteiger partial charge in [-0.25, -0.2) is 0 Å². The van der Waals surface area contributed by atoms with Crippen molar-refractivity contribution in [1.29, 1.82) is 0 Å². The first-order valence-electron chi connectivity index (χ1n) is 7.48. The highest BCUT2D eigenvalue weighted by atomic mass is 16.5. The van der Waals surface area contributed by atoms with E-state index in [1.165, 1.54) is 64.5 Å². The summed E-state index contributed by atoms with van der Waals surface area (Å²) >= 11 is 0. The number of hydrogen-bond donors (Lipinski definition) is 2. The number of nitrogens with one attached hydrogen (secondary N) is 1. The summed E-state index contributed by atoms with van der Waals surface area (Å²) in [5, 5.41) is 9.99. The van der Waals surface area contributed by atoms with Gasteiger partial charge < -0.3 is 14.7 Å². The molecular weight excluding hydrogens is 214 g/mol. The van der Waals surface area contributed by atoms with Gasteiger partial charge in [-0.3, -0.25) is 0 Å². The molecule has 0 aromatic rings. The maximum atomic E-state index is 9.99. The van der Waals surface area contributed by atoms with Gasteiger partial charge >= 0.3 is 0 Å². The first kappa shape index (κ1) is 13.3.